The fourth-order valence-corrected chi connectivity index (χ4v) is 6.81. The van der Waals surface area contributed by atoms with E-state index in [0.717, 1.165) is 59.7 Å². The number of benzene rings is 6. The van der Waals surface area contributed by atoms with E-state index in [1.54, 1.807) is 48.5 Å². The van der Waals surface area contributed by atoms with Crippen LogP contribution in [0.2, 0.25) is 0 Å². The van der Waals surface area contributed by atoms with Crippen LogP contribution in [0.4, 0.5) is 26.3 Å². The molecule has 0 saturated carbocycles. The van der Waals surface area contributed by atoms with E-state index in [9.17, 15) is 35.9 Å². The molecule has 0 N–H and O–H groups in total. The third-order valence-corrected chi connectivity index (χ3v) is 10.1. The van der Waals surface area contributed by atoms with Crippen molar-refractivity contribution in [2.24, 2.45) is 0 Å². The lowest BCUT2D eigenvalue weighted by molar-refractivity contribution is -0.288. The van der Waals surface area contributed by atoms with Crippen molar-refractivity contribution in [2.75, 3.05) is 0 Å². The van der Waals surface area contributed by atoms with Gasteiger partial charge in [0.15, 0.2) is 11.6 Å². The standard InChI is InChI=1S/C48H40F6O4/c1-5-43(33-12-16-36(17-13-33)44(55)34-8-6-31(4)7-9-34)58-42-28-22-39(23-29-42)46(47(49,50)51,48(52,53)54)38-20-26-41(27-21-38)57-40-24-18-37(19-25-40)45(56)35-14-10-32(11-15-35)30(2)3/h6-30,43H,5H2,1-4H3. The molecule has 298 valence electrons. The second kappa shape index (κ2) is 16.7. The van der Waals surface area contributed by atoms with E-state index in [4.69, 9.17) is 9.47 Å². The Labute approximate surface area is 333 Å². The molecule has 6 rings (SSSR count). The molecular formula is C48H40F6O4. The molecule has 0 saturated heterocycles. The van der Waals surface area contributed by atoms with Crippen molar-refractivity contribution >= 4 is 11.6 Å². The van der Waals surface area contributed by atoms with Gasteiger partial charge < -0.3 is 9.47 Å². The summed E-state index contributed by atoms with van der Waals surface area (Å²) >= 11 is 0. The molecule has 1 unspecified atom stereocenters. The number of hydrogen-bond acceptors (Lipinski definition) is 4. The second-order valence-corrected chi connectivity index (χ2v) is 14.4. The number of hydrogen-bond donors (Lipinski definition) is 0. The summed E-state index contributed by atoms with van der Waals surface area (Å²) in [6.45, 7) is 7.83. The van der Waals surface area contributed by atoms with Crippen molar-refractivity contribution in [2.45, 2.75) is 63.9 Å². The van der Waals surface area contributed by atoms with Crippen molar-refractivity contribution in [3.05, 3.63) is 196 Å². The molecule has 58 heavy (non-hydrogen) atoms. The van der Waals surface area contributed by atoms with Gasteiger partial charge in [-0.25, -0.2) is 0 Å². The molecule has 0 aliphatic carbocycles. The van der Waals surface area contributed by atoms with Gasteiger partial charge in [0, 0.05) is 22.3 Å². The van der Waals surface area contributed by atoms with Crippen LogP contribution in [0, 0.1) is 6.92 Å². The fraction of sp³-hybridized carbons (Fsp3) is 0.208. The van der Waals surface area contributed by atoms with E-state index >= 15 is 0 Å². The minimum Gasteiger partial charge on any atom is -0.486 e. The van der Waals surface area contributed by atoms with Gasteiger partial charge in [-0.2, -0.15) is 26.3 Å². The molecule has 0 aliphatic rings. The molecule has 10 heteroatoms. The minimum absolute atomic E-state index is 0.00717. The van der Waals surface area contributed by atoms with Gasteiger partial charge in [-0.15, -0.1) is 0 Å². The highest BCUT2D eigenvalue weighted by Crippen LogP contribution is 2.56. The van der Waals surface area contributed by atoms with Crippen molar-refractivity contribution in [1.29, 1.82) is 0 Å². The van der Waals surface area contributed by atoms with Crippen LogP contribution in [-0.2, 0) is 5.41 Å². The quantitative estimate of drug-likeness (QED) is 0.0863. The Balaban J connectivity index is 1.19. The van der Waals surface area contributed by atoms with Gasteiger partial charge in [0.25, 0.3) is 0 Å². The number of halogens is 6. The summed E-state index contributed by atoms with van der Waals surface area (Å²) in [5.41, 5.74) is -1.84. The summed E-state index contributed by atoms with van der Waals surface area (Å²) in [5, 5.41) is 0. The van der Waals surface area contributed by atoms with E-state index in [1.165, 1.54) is 24.3 Å². The molecule has 0 fully saturated rings. The molecule has 6 aromatic rings. The maximum atomic E-state index is 14.9. The average Bonchev–Trinajstić information content (AvgIpc) is 3.20. The molecule has 0 aliphatic heterocycles. The number of alkyl halides is 6. The van der Waals surface area contributed by atoms with Crippen LogP contribution >= 0.6 is 0 Å². The lowest BCUT2D eigenvalue weighted by atomic mass is 9.73. The van der Waals surface area contributed by atoms with Crippen LogP contribution in [0.25, 0.3) is 0 Å². The van der Waals surface area contributed by atoms with E-state index < -0.39 is 35.0 Å². The molecule has 0 bridgehead atoms. The first kappa shape index (κ1) is 41.5. The highest BCUT2D eigenvalue weighted by Gasteiger charge is 2.72. The van der Waals surface area contributed by atoms with Crippen LogP contribution in [0.1, 0.15) is 98.9 Å². The summed E-state index contributed by atoms with van der Waals surface area (Å²) in [6.07, 6.45) is -11.8. The highest BCUT2D eigenvalue weighted by molar-refractivity contribution is 6.09. The van der Waals surface area contributed by atoms with Crippen LogP contribution in [0.15, 0.2) is 146 Å². The second-order valence-electron chi connectivity index (χ2n) is 14.4. The Morgan fingerprint density at radius 1 is 0.500 bits per heavy atom. The molecule has 0 spiro atoms. The third-order valence-electron chi connectivity index (χ3n) is 10.1. The van der Waals surface area contributed by atoms with Crippen LogP contribution in [0.5, 0.6) is 17.2 Å². The summed E-state index contributed by atoms with van der Waals surface area (Å²) < 4.78 is 101. The first-order chi connectivity index (χ1) is 27.5. The van der Waals surface area contributed by atoms with E-state index in [1.807, 2.05) is 52.0 Å². The Bertz CT molecular complexity index is 2310. The average molecular weight is 795 g/mol. The zero-order valence-electron chi connectivity index (χ0n) is 32.1. The van der Waals surface area contributed by atoms with Gasteiger partial charge in [-0.05, 0) is 90.0 Å². The van der Waals surface area contributed by atoms with Crippen molar-refractivity contribution in [1.82, 2.24) is 0 Å². The Morgan fingerprint density at radius 3 is 1.22 bits per heavy atom. The third kappa shape index (κ3) is 8.56. The molecule has 1 atom stereocenters. The van der Waals surface area contributed by atoms with Gasteiger partial charge in [0.1, 0.15) is 23.4 Å². The monoisotopic (exact) mass is 794 g/mol. The van der Waals surface area contributed by atoms with Gasteiger partial charge in [0.05, 0.1) is 0 Å². The number of rotatable bonds is 13. The molecule has 0 heterocycles. The number of aryl methyl sites for hydroxylation is 1. The van der Waals surface area contributed by atoms with E-state index in [-0.39, 0.29) is 28.8 Å². The Kier molecular flexibility index (Phi) is 12.0. The smallest absolute Gasteiger partial charge is 0.411 e. The van der Waals surface area contributed by atoms with Crippen LogP contribution < -0.4 is 9.47 Å². The Morgan fingerprint density at radius 2 is 0.845 bits per heavy atom. The molecule has 0 amide bonds. The molecule has 0 aromatic heterocycles. The fourth-order valence-electron chi connectivity index (χ4n) is 6.81. The number of carbonyl (C=O) groups is 2. The summed E-state index contributed by atoms with van der Waals surface area (Å²) in [4.78, 5) is 25.9. The van der Waals surface area contributed by atoms with Crippen molar-refractivity contribution in [3.8, 4) is 17.2 Å². The van der Waals surface area contributed by atoms with Crippen molar-refractivity contribution in [3.63, 3.8) is 0 Å². The normalized spacial score (nSPS) is 12.6. The molecule has 0 radical (unpaired) electrons. The first-order valence-corrected chi connectivity index (χ1v) is 18.7. The maximum Gasteiger partial charge on any atom is 0.411 e. The van der Waals surface area contributed by atoms with E-state index in [2.05, 4.69) is 0 Å². The lowest BCUT2D eigenvalue weighted by Gasteiger charge is -2.38. The maximum absolute atomic E-state index is 14.9. The van der Waals surface area contributed by atoms with Crippen molar-refractivity contribution < 1.29 is 45.4 Å². The molecule has 6 aromatic carbocycles. The Hall–Kier alpha value is -6.16. The predicted octanol–water partition coefficient (Wildman–Crippen LogP) is 13.3. The highest BCUT2D eigenvalue weighted by atomic mass is 19.4. The minimum atomic E-state index is -5.79. The molecular weight excluding hydrogens is 755 g/mol. The van der Waals surface area contributed by atoms with Crippen LogP contribution in [-0.4, -0.2) is 23.9 Å². The zero-order valence-corrected chi connectivity index (χ0v) is 32.1. The number of carbonyl (C=O) groups excluding carboxylic acids is 2. The van der Waals surface area contributed by atoms with Gasteiger partial charge in [-0.1, -0.05) is 123 Å². The van der Waals surface area contributed by atoms with Gasteiger partial charge in [0.2, 0.25) is 5.41 Å². The SMILES string of the molecule is CCC(Oc1ccc(C(c2ccc(Oc3ccc(C(=O)c4ccc(C(C)C)cc4)cc3)cc2)(C(F)(F)F)C(F)(F)F)cc1)c1ccc(C(=O)c2ccc(C)cc2)cc1. The largest absolute Gasteiger partial charge is 0.486 e. The first-order valence-electron chi connectivity index (χ1n) is 18.7. The van der Waals surface area contributed by atoms with E-state index in [0.29, 0.717) is 40.2 Å². The summed E-state index contributed by atoms with van der Waals surface area (Å²) in [5.74, 6) is 0.205. The van der Waals surface area contributed by atoms with Crippen LogP contribution in [0.3, 0.4) is 0 Å². The summed E-state index contributed by atoms with van der Waals surface area (Å²) in [7, 11) is 0. The van der Waals surface area contributed by atoms with Gasteiger partial charge >= 0.3 is 12.4 Å². The summed E-state index contributed by atoms with van der Waals surface area (Å²) in [6, 6.07) is 34.5. The lowest BCUT2D eigenvalue weighted by Crippen LogP contribution is -2.54. The topological polar surface area (TPSA) is 52.6 Å². The molecule has 4 nitrogen and oxygen atoms in total. The van der Waals surface area contributed by atoms with Gasteiger partial charge in [-0.3, -0.25) is 9.59 Å². The zero-order chi connectivity index (χ0) is 41.8. The number of ether oxygens (including phenoxy) is 2. The predicted molar refractivity (Wildman–Crippen MR) is 211 cm³/mol. The number of ketones is 2.